The molecule has 5 heterocycles. The maximum Gasteiger partial charge on any atom is 0.267 e. The van der Waals surface area contributed by atoms with Gasteiger partial charge in [-0.3, -0.25) is 23.8 Å². The number of fused-ring (bicyclic) bond motifs is 2. The maximum atomic E-state index is 13.9. The Bertz CT molecular complexity index is 1890. The van der Waals surface area contributed by atoms with Crippen molar-refractivity contribution < 1.29 is 18.7 Å². The number of anilines is 1. The molecule has 44 heavy (non-hydrogen) atoms. The van der Waals surface area contributed by atoms with Crippen LogP contribution in [0.25, 0.3) is 11.7 Å². The molecule has 4 aromatic rings. The fourth-order valence-corrected chi connectivity index (χ4v) is 6.81. The second-order valence-electron chi connectivity index (χ2n) is 10.9. The van der Waals surface area contributed by atoms with E-state index in [1.807, 2.05) is 31.2 Å². The number of carbonyl (C=O) groups is 1. The highest BCUT2D eigenvalue weighted by Gasteiger charge is 2.33. The molecule has 3 aliphatic rings. The summed E-state index contributed by atoms with van der Waals surface area (Å²) in [4.78, 5) is 38.7. The highest BCUT2D eigenvalue weighted by Crippen LogP contribution is 2.35. The molecule has 0 atom stereocenters. The lowest BCUT2D eigenvalue weighted by Gasteiger charge is -2.36. The van der Waals surface area contributed by atoms with Gasteiger partial charge in [0.1, 0.15) is 21.6 Å². The summed E-state index contributed by atoms with van der Waals surface area (Å²) in [6.45, 7) is 5.99. The molecule has 0 spiro atoms. The van der Waals surface area contributed by atoms with Gasteiger partial charge in [0.2, 0.25) is 6.79 Å². The van der Waals surface area contributed by atoms with Crippen molar-refractivity contribution in [3.8, 4) is 11.5 Å². The van der Waals surface area contributed by atoms with E-state index >= 15 is 0 Å². The van der Waals surface area contributed by atoms with E-state index < -0.39 is 0 Å². The zero-order valence-corrected chi connectivity index (χ0v) is 25.5. The van der Waals surface area contributed by atoms with Crippen molar-refractivity contribution >= 4 is 51.7 Å². The van der Waals surface area contributed by atoms with Crippen LogP contribution in [0, 0.1) is 12.7 Å². The number of benzene rings is 2. The number of thiocarbonyl (C=S) groups is 1. The summed E-state index contributed by atoms with van der Waals surface area (Å²) in [5.41, 5.74) is 3.46. The standard InChI is InChI=1S/C32H28FN5O4S2/c1-20-2-9-28-34-29(36-12-10-35(11-13-36)17-22-5-8-25-26(14-22)42-19-41-25)24(30(39)37(28)16-20)15-27-31(40)38(32(43)44-27)18-21-3-6-23(33)7-4-21/h2-9,14-16H,10-13,17-19H2,1H3/b27-15+. The van der Waals surface area contributed by atoms with Crippen molar-refractivity contribution in [2.24, 2.45) is 0 Å². The Labute approximate surface area is 262 Å². The number of hydrogen-bond acceptors (Lipinski definition) is 9. The number of thioether (sulfide) groups is 1. The van der Waals surface area contributed by atoms with Gasteiger partial charge in [0.25, 0.3) is 11.5 Å². The van der Waals surface area contributed by atoms with E-state index in [0.29, 0.717) is 39.3 Å². The Morgan fingerprint density at radius 2 is 1.70 bits per heavy atom. The van der Waals surface area contributed by atoms with Crippen molar-refractivity contribution in [3.63, 3.8) is 0 Å². The van der Waals surface area contributed by atoms with Crippen LogP contribution < -0.4 is 19.9 Å². The number of halogens is 1. The molecule has 2 aromatic heterocycles. The van der Waals surface area contributed by atoms with Crippen molar-refractivity contribution in [1.29, 1.82) is 0 Å². The smallest absolute Gasteiger partial charge is 0.267 e. The van der Waals surface area contributed by atoms with Crippen molar-refractivity contribution in [2.45, 2.75) is 20.0 Å². The van der Waals surface area contributed by atoms with Gasteiger partial charge in [-0.15, -0.1) is 0 Å². The van der Waals surface area contributed by atoms with E-state index in [-0.39, 0.29) is 30.6 Å². The Balaban J connectivity index is 1.16. The fraction of sp³-hybridized carbons (Fsp3) is 0.250. The minimum atomic E-state index is -0.347. The lowest BCUT2D eigenvalue weighted by Crippen LogP contribution is -2.47. The summed E-state index contributed by atoms with van der Waals surface area (Å²) in [6, 6.07) is 15.7. The largest absolute Gasteiger partial charge is 0.454 e. The molecule has 0 aliphatic carbocycles. The molecular formula is C32H28FN5O4S2. The van der Waals surface area contributed by atoms with Gasteiger partial charge in [-0.05, 0) is 60.0 Å². The Kier molecular flexibility index (Phi) is 7.57. The minimum Gasteiger partial charge on any atom is -0.454 e. The number of hydrogen-bond donors (Lipinski definition) is 0. The van der Waals surface area contributed by atoms with E-state index in [0.717, 1.165) is 59.6 Å². The van der Waals surface area contributed by atoms with Crippen LogP contribution in [0.5, 0.6) is 11.5 Å². The third-order valence-corrected chi connectivity index (χ3v) is 9.28. The molecule has 9 nitrogen and oxygen atoms in total. The second-order valence-corrected chi connectivity index (χ2v) is 12.6. The molecule has 224 valence electrons. The van der Waals surface area contributed by atoms with Crippen LogP contribution in [0.15, 0.2) is 70.5 Å². The second kappa shape index (κ2) is 11.7. The van der Waals surface area contributed by atoms with Crippen LogP contribution in [0.4, 0.5) is 10.2 Å². The maximum absolute atomic E-state index is 13.9. The number of aryl methyl sites for hydroxylation is 1. The summed E-state index contributed by atoms with van der Waals surface area (Å²) in [5.74, 6) is 1.44. The van der Waals surface area contributed by atoms with Crippen LogP contribution >= 0.6 is 24.0 Å². The molecule has 0 N–H and O–H groups in total. The molecule has 0 radical (unpaired) electrons. The van der Waals surface area contributed by atoms with Gasteiger partial charge in [0.15, 0.2) is 11.5 Å². The van der Waals surface area contributed by atoms with Gasteiger partial charge in [-0.25, -0.2) is 9.37 Å². The van der Waals surface area contributed by atoms with Gasteiger partial charge < -0.3 is 14.4 Å². The summed E-state index contributed by atoms with van der Waals surface area (Å²) in [5, 5.41) is 0. The first-order valence-electron chi connectivity index (χ1n) is 14.2. The predicted molar refractivity (Wildman–Crippen MR) is 171 cm³/mol. The SMILES string of the molecule is Cc1ccc2nc(N3CCN(Cc4ccc5c(c4)OCO5)CC3)c(/C=C3/SC(=S)N(Cc4ccc(F)cc4)C3=O)c(=O)n2c1. The first-order valence-corrected chi connectivity index (χ1v) is 15.4. The van der Waals surface area contributed by atoms with Crippen LogP contribution in [0.1, 0.15) is 22.3 Å². The van der Waals surface area contributed by atoms with E-state index in [9.17, 15) is 14.0 Å². The van der Waals surface area contributed by atoms with Crippen LogP contribution in [0.2, 0.25) is 0 Å². The van der Waals surface area contributed by atoms with Crippen LogP contribution in [-0.2, 0) is 17.9 Å². The summed E-state index contributed by atoms with van der Waals surface area (Å²) in [6.07, 6.45) is 3.39. The number of amides is 1. The molecule has 0 bridgehead atoms. The van der Waals surface area contributed by atoms with Gasteiger partial charge in [-0.2, -0.15) is 0 Å². The molecule has 0 unspecified atom stereocenters. The van der Waals surface area contributed by atoms with Crippen LogP contribution in [-0.4, -0.2) is 62.4 Å². The monoisotopic (exact) mass is 629 g/mol. The molecule has 12 heteroatoms. The normalized spacial score (nSPS) is 17.8. The number of ether oxygens (including phenoxy) is 2. The third-order valence-electron chi connectivity index (χ3n) is 7.90. The molecule has 3 aliphatic heterocycles. The Morgan fingerprint density at radius 3 is 2.50 bits per heavy atom. The Morgan fingerprint density at radius 1 is 0.955 bits per heavy atom. The number of aromatic nitrogens is 2. The van der Waals surface area contributed by atoms with E-state index in [1.54, 1.807) is 24.4 Å². The zero-order valence-electron chi connectivity index (χ0n) is 23.9. The van der Waals surface area contributed by atoms with Crippen molar-refractivity contribution in [3.05, 3.63) is 104 Å². The van der Waals surface area contributed by atoms with E-state index in [4.69, 9.17) is 26.7 Å². The lowest BCUT2D eigenvalue weighted by molar-refractivity contribution is -0.122. The van der Waals surface area contributed by atoms with Gasteiger partial charge in [-0.1, -0.05) is 48.2 Å². The number of nitrogens with zero attached hydrogens (tertiary/aromatic N) is 5. The number of pyridine rings is 1. The molecular weight excluding hydrogens is 602 g/mol. The number of rotatable bonds is 6. The molecule has 2 saturated heterocycles. The highest BCUT2D eigenvalue weighted by molar-refractivity contribution is 8.26. The summed E-state index contributed by atoms with van der Waals surface area (Å²) < 4.78 is 26.3. The molecule has 7 rings (SSSR count). The molecule has 0 saturated carbocycles. The first-order chi connectivity index (χ1) is 21.3. The number of piperazine rings is 1. The van der Waals surface area contributed by atoms with Gasteiger partial charge >= 0.3 is 0 Å². The average Bonchev–Trinajstić information content (AvgIpc) is 3.59. The molecule has 1 amide bonds. The predicted octanol–water partition coefficient (Wildman–Crippen LogP) is 4.59. The van der Waals surface area contributed by atoms with Crippen molar-refractivity contribution in [1.82, 2.24) is 19.2 Å². The lowest BCUT2D eigenvalue weighted by atomic mass is 10.1. The zero-order chi connectivity index (χ0) is 30.4. The van der Waals surface area contributed by atoms with Crippen molar-refractivity contribution in [2.75, 3.05) is 37.9 Å². The Hall–Kier alpha value is -4.26. The van der Waals surface area contributed by atoms with Gasteiger partial charge in [0.05, 0.1) is 17.0 Å². The van der Waals surface area contributed by atoms with E-state index in [1.165, 1.54) is 21.4 Å². The topological polar surface area (TPSA) is 79.6 Å². The molecule has 2 aromatic carbocycles. The fourth-order valence-electron chi connectivity index (χ4n) is 5.57. The highest BCUT2D eigenvalue weighted by atomic mass is 32.2. The molecule has 2 fully saturated rings. The quantitative estimate of drug-likeness (QED) is 0.225. The van der Waals surface area contributed by atoms with Crippen LogP contribution in [0.3, 0.4) is 0 Å². The number of carbonyl (C=O) groups excluding carboxylic acids is 1. The van der Waals surface area contributed by atoms with E-state index in [2.05, 4.69) is 15.9 Å². The summed E-state index contributed by atoms with van der Waals surface area (Å²) in [7, 11) is 0. The summed E-state index contributed by atoms with van der Waals surface area (Å²) >= 11 is 6.69. The minimum absolute atomic E-state index is 0.217. The van der Waals surface area contributed by atoms with Gasteiger partial charge in [0, 0.05) is 38.9 Å². The first kappa shape index (κ1) is 28.5. The third kappa shape index (κ3) is 5.56. The average molecular weight is 630 g/mol.